The summed E-state index contributed by atoms with van der Waals surface area (Å²) in [5, 5.41) is 2.80. The molecule has 92 valence electrons. The van der Waals surface area contributed by atoms with Crippen LogP contribution in [0.4, 0.5) is 4.79 Å². The summed E-state index contributed by atoms with van der Waals surface area (Å²) in [6, 6.07) is 10.2. The fourth-order valence-corrected chi connectivity index (χ4v) is 1.83. The van der Waals surface area contributed by atoms with Gasteiger partial charge in [-0.25, -0.2) is 4.79 Å². The summed E-state index contributed by atoms with van der Waals surface area (Å²) in [6.45, 7) is 5.82. The monoisotopic (exact) mass is 233 g/mol. The van der Waals surface area contributed by atoms with Gasteiger partial charge in [0.1, 0.15) is 6.10 Å². The normalized spacial score (nSPS) is 23.0. The van der Waals surface area contributed by atoms with E-state index in [2.05, 4.69) is 17.4 Å². The van der Waals surface area contributed by atoms with Crippen molar-refractivity contribution in [2.24, 2.45) is 0 Å². The molecule has 1 aliphatic rings. The first kappa shape index (κ1) is 12.0. The van der Waals surface area contributed by atoms with Crippen LogP contribution in [0.2, 0.25) is 0 Å². The predicted octanol–water partition coefficient (Wildman–Crippen LogP) is 3.07. The highest BCUT2D eigenvalue weighted by atomic mass is 16.6. The number of alkyl carbamates (subject to hydrolysis) is 1. The van der Waals surface area contributed by atoms with Gasteiger partial charge in [-0.3, -0.25) is 0 Å². The third kappa shape index (κ3) is 3.48. The lowest BCUT2D eigenvalue weighted by Gasteiger charge is -2.20. The van der Waals surface area contributed by atoms with Crippen molar-refractivity contribution < 1.29 is 9.53 Å². The van der Waals surface area contributed by atoms with E-state index >= 15 is 0 Å². The molecule has 1 amide bonds. The summed E-state index contributed by atoms with van der Waals surface area (Å²) in [4.78, 5) is 11.6. The Hall–Kier alpha value is -1.51. The van der Waals surface area contributed by atoms with E-state index in [-0.39, 0.29) is 17.7 Å². The minimum Gasteiger partial charge on any atom is -0.446 e. The minimum absolute atomic E-state index is 0.0414. The molecule has 1 aromatic rings. The van der Waals surface area contributed by atoms with Crippen LogP contribution in [-0.2, 0) is 4.74 Å². The molecular formula is C14H19NO2. The fraction of sp³-hybridized carbons (Fsp3) is 0.500. The standard InChI is InChI=1S/C14H19NO2/c1-14(2,3)15-13(16)17-12-9-11(12)10-7-5-4-6-8-10/h4-8,11-12H,9H2,1-3H3,(H,15,16). The van der Waals surface area contributed by atoms with Gasteiger partial charge >= 0.3 is 6.09 Å². The van der Waals surface area contributed by atoms with Crippen molar-refractivity contribution in [1.82, 2.24) is 5.32 Å². The molecule has 0 saturated heterocycles. The highest BCUT2D eigenvalue weighted by Crippen LogP contribution is 2.43. The number of carbonyl (C=O) groups is 1. The number of benzene rings is 1. The summed E-state index contributed by atoms with van der Waals surface area (Å²) in [7, 11) is 0. The van der Waals surface area contributed by atoms with Gasteiger partial charge < -0.3 is 10.1 Å². The molecule has 0 bridgehead atoms. The van der Waals surface area contributed by atoms with Gasteiger partial charge in [0, 0.05) is 11.5 Å². The van der Waals surface area contributed by atoms with E-state index in [0.29, 0.717) is 5.92 Å². The van der Waals surface area contributed by atoms with Crippen LogP contribution < -0.4 is 5.32 Å². The maximum Gasteiger partial charge on any atom is 0.407 e. The zero-order valence-electron chi connectivity index (χ0n) is 10.6. The highest BCUT2D eigenvalue weighted by molar-refractivity contribution is 5.68. The summed E-state index contributed by atoms with van der Waals surface area (Å²) in [5.74, 6) is 0.377. The van der Waals surface area contributed by atoms with E-state index in [1.165, 1.54) is 5.56 Å². The Morgan fingerprint density at radius 3 is 2.53 bits per heavy atom. The molecule has 1 saturated carbocycles. The lowest BCUT2D eigenvalue weighted by Crippen LogP contribution is -2.41. The first-order chi connectivity index (χ1) is 7.96. The van der Waals surface area contributed by atoms with Gasteiger partial charge in [0.15, 0.2) is 0 Å². The van der Waals surface area contributed by atoms with Crippen molar-refractivity contribution in [3.63, 3.8) is 0 Å². The molecule has 3 nitrogen and oxygen atoms in total. The van der Waals surface area contributed by atoms with Gasteiger partial charge in [0.2, 0.25) is 0 Å². The maximum absolute atomic E-state index is 11.6. The topological polar surface area (TPSA) is 38.3 Å². The largest absolute Gasteiger partial charge is 0.446 e. The molecule has 3 heteroatoms. The molecule has 0 radical (unpaired) electrons. The number of nitrogens with one attached hydrogen (secondary N) is 1. The molecule has 1 fully saturated rings. The van der Waals surface area contributed by atoms with Gasteiger partial charge in [-0.1, -0.05) is 30.3 Å². The molecule has 1 N–H and O–H groups in total. The van der Waals surface area contributed by atoms with E-state index in [9.17, 15) is 4.79 Å². The lowest BCUT2D eigenvalue weighted by atomic mass is 10.1. The van der Waals surface area contributed by atoms with Crippen LogP contribution in [0.1, 0.15) is 38.7 Å². The predicted molar refractivity (Wildman–Crippen MR) is 67.0 cm³/mol. The zero-order valence-corrected chi connectivity index (χ0v) is 10.6. The molecule has 2 atom stereocenters. The molecule has 2 unspecified atom stereocenters. The van der Waals surface area contributed by atoms with Crippen LogP contribution in [0, 0.1) is 0 Å². The third-order valence-corrected chi connectivity index (χ3v) is 2.70. The highest BCUT2D eigenvalue weighted by Gasteiger charge is 2.42. The van der Waals surface area contributed by atoms with Crippen LogP contribution in [-0.4, -0.2) is 17.7 Å². The average Bonchev–Trinajstić information content (AvgIpc) is 2.95. The van der Waals surface area contributed by atoms with E-state index in [4.69, 9.17) is 4.74 Å². The Balaban J connectivity index is 1.83. The second kappa shape index (κ2) is 4.40. The van der Waals surface area contributed by atoms with Gasteiger partial charge in [-0.2, -0.15) is 0 Å². The number of hydrogen-bond donors (Lipinski definition) is 1. The molecular weight excluding hydrogens is 214 g/mol. The minimum atomic E-state index is -0.319. The first-order valence-electron chi connectivity index (χ1n) is 5.99. The first-order valence-corrected chi connectivity index (χ1v) is 5.99. The molecule has 0 spiro atoms. The maximum atomic E-state index is 11.6. The second-order valence-electron chi connectivity index (χ2n) is 5.57. The van der Waals surface area contributed by atoms with Gasteiger partial charge in [-0.15, -0.1) is 0 Å². The van der Waals surface area contributed by atoms with Crippen molar-refractivity contribution in [2.75, 3.05) is 0 Å². The van der Waals surface area contributed by atoms with E-state index < -0.39 is 0 Å². The molecule has 2 rings (SSSR count). The Bertz CT molecular complexity index is 394. The van der Waals surface area contributed by atoms with Crippen LogP contribution in [0.25, 0.3) is 0 Å². The van der Waals surface area contributed by atoms with Gasteiger partial charge in [-0.05, 0) is 32.8 Å². The Morgan fingerprint density at radius 2 is 1.94 bits per heavy atom. The molecule has 1 aliphatic carbocycles. The van der Waals surface area contributed by atoms with Crippen molar-refractivity contribution in [3.8, 4) is 0 Å². The summed E-state index contributed by atoms with van der Waals surface area (Å²) >= 11 is 0. The molecule has 0 aromatic heterocycles. The van der Waals surface area contributed by atoms with Crippen LogP contribution in [0.3, 0.4) is 0 Å². The summed E-state index contributed by atoms with van der Waals surface area (Å²) in [6.07, 6.45) is 0.655. The summed E-state index contributed by atoms with van der Waals surface area (Å²) < 4.78 is 5.35. The smallest absolute Gasteiger partial charge is 0.407 e. The third-order valence-electron chi connectivity index (χ3n) is 2.70. The van der Waals surface area contributed by atoms with Crippen molar-refractivity contribution in [1.29, 1.82) is 0 Å². The van der Waals surface area contributed by atoms with E-state index in [1.807, 2.05) is 39.0 Å². The van der Waals surface area contributed by atoms with Crippen molar-refractivity contribution >= 4 is 6.09 Å². The Morgan fingerprint density at radius 1 is 1.29 bits per heavy atom. The zero-order chi connectivity index (χ0) is 12.5. The molecule has 0 aliphatic heterocycles. The number of rotatable bonds is 2. The van der Waals surface area contributed by atoms with Gasteiger partial charge in [0.05, 0.1) is 0 Å². The molecule has 0 heterocycles. The number of ether oxygens (including phenoxy) is 1. The van der Waals surface area contributed by atoms with E-state index in [0.717, 1.165) is 6.42 Å². The second-order valence-corrected chi connectivity index (χ2v) is 5.57. The number of carbonyl (C=O) groups excluding carboxylic acids is 1. The molecule has 1 aromatic carbocycles. The van der Waals surface area contributed by atoms with E-state index in [1.54, 1.807) is 0 Å². The molecule has 17 heavy (non-hydrogen) atoms. The Labute approximate surface area is 102 Å². The summed E-state index contributed by atoms with van der Waals surface area (Å²) in [5.41, 5.74) is 1.01. The lowest BCUT2D eigenvalue weighted by molar-refractivity contribution is 0.128. The van der Waals surface area contributed by atoms with Crippen molar-refractivity contribution in [2.45, 2.75) is 44.8 Å². The van der Waals surface area contributed by atoms with Crippen LogP contribution in [0.15, 0.2) is 30.3 Å². The van der Waals surface area contributed by atoms with Crippen LogP contribution in [0.5, 0.6) is 0 Å². The Kier molecular flexibility index (Phi) is 3.09. The number of amides is 1. The number of hydrogen-bond acceptors (Lipinski definition) is 2. The van der Waals surface area contributed by atoms with Gasteiger partial charge in [0.25, 0.3) is 0 Å². The quantitative estimate of drug-likeness (QED) is 0.852. The average molecular weight is 233 g/mol. The fourth-order valence-electron chi connectivity index (χ4n) is 1.83. The van der Waals surface area contributed by atoms with Crippen LogP contribution >= 0.6 is 0 Å². The SMILES string of the molecule is CC(C)(C)NC(=O)OC1CC1c1ccccc1. The van der Waals surface area contributed by atoms with Crippen molar-refractivity contribution in [3.05, 3.63) is 35.9 Å².